The summed E-state index contributed by atoms with van der Waals surface area (Å²) in [5.74, 6) is -0.291. The summed E-state index contributed by atoms with van der Waals surface area (Å²) >= 11 is 9.41. The molecular weight excluding hydrogens is 659 g/mol. The van der Waals surface area contributed by atoms with E-state index in [4.69, 9.17) is 18.9 Å². The fourth-order valence-electron chi connectivity index (χ4n) is 4.78. The molecule has 0 aliphatic heterocycles. The Labute approximate surface area is 301 Å². The molecule has 0 saturated heterocycles. The van der Waals surface area contributed by atoms with Gasteiger partial charge in [0.15, 0.2) is 0 Å². The van der Waals surface area contributed by atoms with E-state index >= 15 is 0 Å². The first-order chi connectivity index (χ1) is 22.5. The summed E-state index contributed by atoms with van der Waals surface area (Å²) in [6.07, 6.45) is 16.9. The molecule has 0 bridgehead atoms. The normalized spacial score (nSPS) is 11.7. The molecule has 0 aliphatic rings. The number of unbranched alkanes of at least 4 members (excludes halogenated alkanes) is 11. The number of ether oxygens (including phenoxy) is 4. The molecule has 0 unspecified atom stereocenters. The minimum Gasteiger partial charge on any atom is -0.465 e. The Balaban J connectivity index is 4.19. The monoisotopic (exact) mass is 724 g/mol. The summed E-state index contributed by atoms with van der Waals surface area (Å²) < 4.78 is 22.5. The van der Waals surface area contributed by atoms with Gasteiger partial charge in [-0.05, 0) is 19.3 Å². The minimum atomic E-state index is -0.857. The minimum absolute atomic E-state index is 0.0486. The molecule has 9 nitrogen and oxygen atoms in total. The highest BCUT2D eigenvalue weighted by molar-refractivity contribution is 7.99. The van der Waals surface area contributed by atoms with Gasteiger partial charge in [0.1, 0.15) is 33.0 Å². The zero-order valence-corrected chi connectivity index (χ0v) is 32.5. The molecule has 0 fully saturated rings. The molecule has 12 heteroatoms. The van der Waals surface area contributed by atoms with Crippen molar-refractivity contribution >= 4 is 60.9 Å². The van der Waals surface area contributed by atoms with Crippen LogP contribution < -0.4 is 0 Å². The fraction of sp³-hybridized carbons (Fsp3) is 0.886. The van der Waals surface area contributed by atoms with Gasteiger partial charge in [-0.2, -0.15) is 25.3 Å². The molecule has 0 aliphatic carbocycles. The second kappa shape index (κ2) is 29.8. The largest absolute Gasteiger partial charge is 0.465 e. The maximum atomic E-state index is 12.5. The van der Waals surface area contributed by atoms with Gasteiger partial charge in [0.25, 0.3) is 0 Å². The summed E-state index contributed by atoms with van der Waals surface area (Å²) in [7, 11) is 4.36. The second-order valence-electron chi connectivity index (χ2n) is 13.1. The van der Waals surface area contributed by atoms with Gasteiger partial charge in [0, 0.05) is 17.3 Å². The number of hydrogen-bond acceptors (Lipinski definition) is 11. The number of esters is 4. The van der Waals surface area contributed by atoms with Crippen LogP contribution in [0.4, 0.5) is 0 Å². The van der Waals surface area contributed by atoms with Gasteiger partial charge in [-0.25, -0.2) is 0 Å². The highest BCUT2D eigenvalue weighted by Gasteiger charge is 2.34. The topological polar surface area (TPSA) is 105 Å². The van der Waals surface area contributed by atoms with Crippen molar-refractivity contribution in [3.63, 3.8) is 0 Å². The van der Waals surface area contributed by atoms with Crippen LogP contribution in [-0.2, 0) is 38.1 Å². The lowest BCUT2D eigenvalue weighted by molar-refractivity contribution is -0.890. The van der Waals surface area contributed by atoms with Crippen LogP contribution >= 0.6 is 37.0 Å². The van der Waals surface area contributed by atoms with Crippen molar-refractivity contribution in [2.45, 2.75) is 117 Å². The Kier molecular flexibility index (Phi) is 29.1. The summed E-state index contributed by atoms with van der Waals surface area (Å²) in [5, 5.41) is 0. The van der Waals surface area contributed by atoms with E-state index in [1.165, 1.54) is 88.8 Å². The van der Waals surface area contributed by atoms with E-state index in [1.54, 1.807) is 0 Å². The molecule has 0 aromatic rings. The number of carbonyl (C=O) groups is 4. The van der Waals surface area contributed by atoms with E-state index in [-0.39, 0.29) is 50.8 Å². The van der Waals surface area contributed by atoms with Crippen molar-refractivity contribution < 1.29 is 42.6 Å². The number of thioether (sulfide) groups is 1. The number of thiol groups is 2. The summed E-state index contributed by atoms with van der Waals surface area (Å²) in [6.45, 7) is 6.17. The molecule has 276 valence electrons. The predicted molar refractivity (Wildman–Crippen MR) is 198 cm³/mol. The van der Waals surface area contributed by atoms with Crippen LogP contribution in [-0.4, -0.2) is 105 Å². The van der Waals surface area contributed by atoms with E-state index in [2.05, 4.69) is 46.3 Å². The lowest BCUT2D eigenvalue weighted by Gasteiger charge is -2.31. The van der Waals surface area contributed by atoms with Gasteiger partial charge < -0.3 is 23.4 Å². The summed E-state index contributed by atoms with van der Waals surface area (Å²) in [5.41, 5.74) is -0.857. The molecule has 0 atom stereocenters. The average molecular weight is 725 g/mol. The number of nitrogens with zero attached hydrogens (tertiary/aromatic N) is 1. The molecule has 0 aromatic carbocycles. The molecular formula is C35H66NO8S3+. The van der Waals surface area contributed by atoms with Crippen molar-refractivity contribution in [2.75, 3.05) is 76.6 Å². The van der Waals surface area contributed by atoms with E-state index in [0.29, 0.717) is 30.3 Å². The Morgan fingerprint density at radius 3 is 1.49 bits per heavy atom. The molecule has 0 heterocycles. The lowest BCUT2D eigenvalue weighted by Crippen LogP contribution is -2.43. The Morgan fingerprint density at radius 2 is 1.04 bits per heavy atom. The third kappa shape index (κ3) is 27.4. The van der Waals surface area contributed by atoms with Crippen molar-refractivity contribution in [3.05, 3.63) is 0 Å². The highest BCUT2D eigenvalue weighted by atomic mass is 32.2. The summed E-state index contributed by atoms with van der Waals surface area (Å²) in [6, 6.07) is 0. The first-order valence-electron chi connectivity index (χ1n) is 17.8. The number of quaternary nitrogens is 1. The van der Waals surface area contributed by atoms with E-state index < -0.39 is 23.3 Å². The van der Waals surface area contributed by atoms with Gasteiger partial charge in [-0.15, -0.1) is 11.8 Å². The standard InChI is InChI=1S/C35H65NO8S3/c1-5-7-8-9-10-11-12-13-14-15-16-17-21-36(3,4)22-23-41-34(40)27-47-26-20-33(39)44-30-35(6-2,28-42-31(37)18-24-45)29-43-32(38)19-25-46/h5-30H2,1-4H3,(H-,45,46)/p+1. The van der Waals surface area contributed by atoms with Gasteiger partial charge >= 0.3 is 23.9 Å². The van der Waals surface area contributed by atoms with Gasteiger partial charge in [-0.1, -0.05) is 78.1 Å². The molecule has 0 aromatic heterocycles. The van der Waals surface area contributed by atoms with Gasteiger partial charge in [0.05, 0.1) is 51.1 Å². The molecule has 0 amide bonds. The maximum Gasteiger partial charge on any atom is 0.316 e. The van der Waals surface area contributed by atoms with Crippen LogP contribution in [0.1, 0.15) is 117 Å². The van der Waals surface area contributed by atoms with Crippen LogP contribution in [0.2, 0.25) is 0 Å². The van der Waals surface area contributed by atoms with Crippen molar-refractivity contribution in [1.29, 1.82) is 0 Å². The zero-order valence-electron chi connectivity index (χ0n) is 29.9. The third-order valence-corrected chi connectivity index (χ3v) is 9.63. The molecule has 47 heavy (non-hydrogen) atoms. The van der Waals surface area contributed by atoms with Crippen LogP contribution in [0.5, 0.6) is 0 Å². The Hall–Kier alpha value is -1.11. The highest BCUT2D eigenvalue weighted by Crippen LogP contribution is 2.25. The first kappa shape index (κ1) is 45.9. The number of hydrogen-bond donors (Lipinski definition) is 2. The molecule has 0 spiro atoms. The molecule has 0 saturated carbocycles. The number of likely N-dealkylation sites (N-methyl/N-ethyl adjacent to an activating group) is 1. The maximum absolute atomic E-state index is 12.5. The molecule has 0 radical (unpaired) electrons. The van der Waals surface area contributed by atoms with Gasteiger partial charge in [-0.3, -0.25) is 19.2 Å². The second-order valence-corrected chi connectivity index (χ2v) is 15.1. The van der Waals surface area contributed by atoms with E-state index in [9.17, 15) is 19.2 Å². The SMILES string of the molecule is CCCCCCCCCCCCCC[N+](C)(C)CCOC(=O)CSCCC(=O)OCC(CC)(COC(=O)CCS)COC(=O)CCS. The van der Waals surface area contributed by atoms with Crippen LogP contribution in [0.15, 0.2) is 0 Å². The average Bonchev–Trinajstić information content (AvgIpc) is 3.03. The van der Waals surface area contributed by atoms with Crippen molar-refractivity contribution in [2.24, 2.45) is 5.41 Å². The quantitative estimate of drug-likeness (QED) is 0.0247. The number of carbonyl (C=O) groups excluding carboxylic acids is 4. The number of rotatable bonds is 32. The molecule has 0 rings (SSSR count). The predicted octanol–water partition coefficient (Wildman–Crippen LogP) is 7.10. The zero-order chi connectivity index (χ0) is 35.2. The van der Waals surface area contributed by atoms with E-state index in [0.717, 1.165) is 17.6 Å². The Bertz CT molecular complexity index is 822. The lowest BCUT2D eigenvalue weighted by atomic mass is 9.88. The van der Waals surface area contributed by atoms with Crippen molar-refractivity contribution in [3.8, 4) is 0 Å². The van der Waals surface area contributed by atoms with Crippen LogP contribution in [0.25, 0.3) is 0 Å². The smallest absolute Gasteiger partial charge is 0.316 e. The van der Waals surface area contributed by atoms with Crippen molar-refractivity contribution in [1.82, 2.24) is 0 Å². The first-order valence-corrected chi connectivity index (χ1v) is 20.2. The fourth-order valence-corrected chi connectivity index (χ4v) is 5.85. The molecule has 0 N–H and O–H groups in total. The van der Waals surface area contributed by atoms with Crippen LogP contribution in [0.3, 0.4) is 0 Å². The Morgan fingerprint density at radius 1 is 0.596 bits per heavy atom. The third-order valence-electron chi connectivity index (χ3n) is 8.25. The van der Waals surface area contributed by atoms with E-state index in [1.807, 2.05) is 6.92 Å². The van der Waals surface area contributed by atoms with Gasteiger partial charge in [0.2, 0.25) is 0 Å². The summed E-state index contributed by atoms with van der Waals surface area (Å²) in [4.78, 5) is 48.5. The van der Waals surface area contributed by atoms with Crippen LogP contribution in [0, 0.1) is 5.41 Å².